The number of hydrogen-bond acceptors (Lipinski definition) is 2. The molecule has 18 heavy (non-hydrogen) atoms. The van der Waals surface area contributed by atoms with Gasteiger partial charge >= 0.3 is 5.97 Å². The Balaban J connectivity index is 1.90. The number of piperidine rings is 1. The van der Waals surface area contributed by atoms with Crippen LogP contribution < -0.4 is 0 Å². The molecule has 2 rings (SSSR count). The van der Waals surface area contributed by atoms with Crippen LogP contribution in [-0.2, 0) is 4.79 Å². The molecule has 0 aliphatic carbocycles. The Morgan fingerprint density at radius 1 is 1.44 bits per heavy atom. The summed E-state index contributed by atoms with van der Waals surface area (Å²) >= 11 is 3.29. The van der Waals surface area contributed by atoms with Crippen molar-refractivity contribution in [1.82, 2.24) is 9.88 Å². The number of nitrogens with zero attached hydrogens (tertiary/aromatic N) is 1. The molecule has 5 nitrogen and oxygen atoms in total. The first-order valence-electron chi connectivity index (χ1n) is 5.91. The average molecular weight is 315 g/mol. The van der Waals surface area contributed by atoms with Crippen LogP contribution in [0, 0.1) is 5.92 Å². The highest BCUT2D eigenvalue weighted by molar-refractivity contribution is 9.10. The molecule has 6 heteroatoms. The molecule has 1 aromatic heterocycles. The molecule has 0 saturated carbocycles. The van der Waals surface area contributed by atoms with Crippen molar-refractivity contribution in [2.24, 2.45) is 5.92 Å². The van der Waals surface area contributed by atoms with Crippen molar-refractivity contribution in [2.45, 2.75) is 19.3 Å². The van der Waals surface area contributed by atoms with Gasteiger partial charge in [-0.1, -0.05) is 0 Å². The Hall–Kier alpha value is -1.30. The Morgan fingerprint density at radius 2 is 2.11 bits per heavy atom. The molecule has 0 radical (unpaired) electrons. The quantitative estimate of drug-likeness (QED) is 0.897. The number of aliphatic carboxylic acids is 1. The van der Waals surface area contributed by atoms with E-state index in [1.54, 1.807) is 17.2 Å². The van der Waals surface area contributed by atoms with Gasteiger partial charge in [-0.3, -0.25) is 9.59 Å². The average Bonchev–Trinajstić information content (AvgIpc) is 2.75. The van der Waals surface area contributed by atoms with Crippen molar-refractivity contribution in [3.8, 4) is 0 Å². The molecule has 1 saturated heterocycles. The number of H-pyrrole nitrogens is 1. The van der Waals surface area contributed by atoms with Gasteiger partial charge < -0.3 is 15.0 Å². The molecular formula is C12H15BrN2O3. The van der Waals surface area contributed by atoms with Crippen LogP contribution in [0.4, 0.5) is 0 Å². The zero-order valence-corrected chi connectivity index (χ0v) is 11.4. The summed E-state index contributed by atoms with van der Waals surface area (Å²) in [5, 5.41) is 8.73. The van der Waals surface area contributed by atoms with E-state index in [9.17, 15) is 9.59 Å². The molecule has 0 atom stereocenters. The number of likely N-dealkylation sites (tertiary alicyclic amines) is 1. The zero-order valence-electron chi connectivity index (χ0n) is 9.86. The summed E-state index contributed by atoms with van der Waals surface area (Å²) in [6, 6.07) is 1.76. The first-order chi connectivity index (χ1) is 8.56. The summed E-state index contributed by atoms with van der Waals surface area (Å²) in [6.45, 7) is 1.26. The maximum atomic E-state index is 12.1. The largest absolute Gasteiger partial charge is 0.481 e. The molecule has 0 aromatic carbocycles. The highest BCUT2D eigenvalue weighted by atomic mass is 79.9. The molecule has 98 valence electrons. The second-order valence-electron chi connectivity index (χ2n) is 4.57. The highest BCUT2D eigenvalue weighted by Crippen LogP contribution is 2.22. The minimum atomic E-state index is -0.756. The number of aromatic amines is 1. The maximum absolute atomic E-state index is 12.1. The van der Waals surface area contributed by atoms with Gasteiger partial charge in [0.15, 0.2) is 0 Å². The Bertz CT molecular complexity index is 450. The van der Waals surface area contributed by atoms with Crippen molar-refractivity contribution in [3.63, 3.8) is 0 Å². The van der Waals surface area contributed by atoms with Crippen LogP contribution in [0.5, 0.6) is 0 Å². The number of carbonyl (C=O) groups excluding carboxylic acids is 1. The molecule has 0 unspecified atom stereocenters. The molecule has 2 heterocycles. The summed E-state index contributed by atoms with van der Waals surface area (Å²) in [6.07, 6.45) is 3.46. The van der Waals surface area contributed by atoms with Crippen LogP contribution in [-0.4, -0.2) is 40.0 Å². The van der Waals surface area contributed by atoms with E-state index in [-0.39, 0.29) is 18.2 Å². The van der Waals surface area contributed by atoms with Gasteiger partial charge in [0.1, 0.15) is 5.69 Å². The number of aromatic nitrogens is 1. The summed E-state index contributed by atoms with van der Waals surface area (Å²) < 4.78 is 0.853. The summed E-state index contributed by atoms with van der Waals surface area (Å²) in [4.78, 5) is 27.4. The van der Waals surface area contributed by atoms with Crippen molar-refractivity contribution < 1.29 is 14.7 Å². The van der Waals surface area contributed by atoms with E-state index in [1.165, 1.54) is 0 Å². The zero-order chi connectivity index (χ0) is 13.1. The third-order valence-electron chi connectivity index (χ3n) is 3.24. The molecular weight excluding hydrogens is 300 g/mol. The highest BCUT2D eigenvalue weighted by Gasteiger charge is 2.25. The Morgan fingerprint density at radius 3 is 2.61 bits per heavy atom. The number of rotatable bonds is 3. The lowest BCUT2D eigenvalue weighted by Crippen LogP contribution is -2.39. The first-order valence-corrected chi connectivity index (χ1v) is 6.70. The number of carboxylic acids is 1. The van der Waals surface area contributed by atoms with Crippen LogP contribution in [0.2, 0.25) is 0 Å². The summed E-state index contributed by atoms with van der Waals surface area (Å²) in [7, 11) is 0. The van der Waals surface area contributed by atoms with Gasteiger partial charge in [0.05, 0.1) is 0 Å². The van der Waals surface area contributed by atoms with E-state index in [4.69, 9.17) is 5.11 Å². The fraction of sp³-hybridized carbons (Fsp3) is 0.500. The molecule has 1 aliphatic rings. The number of halogens is 1. The lowest BCUT2D eigenvalue weighted by atomic mass is 9.93. The monoisotopic (exact) mass is 314 g/mol. The third-order valence-corrected chi connectivity index (χ3v) is 3.70. The first kappa shape index (κ1) is 13.1. The fourth-order valence-corrected chi connectivity index (χ4v) is 2.59. The minimum absolute atomic E-state index is 0.0190. The SMILES string of the molecule is O=C(O)CC1CCN(C(=O)c2cc(Br)c[nH]2)CC1. The normalized spacial score (nSPS) is 16.8. The number of carboxylic acid groups (broad SMARTS) is 1. The predicted molar refractivity (Wildman–Crippen MR) is 69.4 cm³/mol. The molecule has 0 bridgehead atoms. The van der Waals surface area contributed by atoms with Crippen molar-refractivity contribution in [2.75, 3.05) is 13.1 Å². The molecule has 1 aromatic rings. The van der Waals surface area contributed by atoms with Gasteiger partial charge in [-0.25, -0.2) is 0 Å². The van der Waals surface area contributed by atoms with Crippen LogP contribution in [0.15, 0.2) is 16.7 Å². The van der Waals surface area contributed by atoms with Crippen LogP contribution in [0.3, 0.4) is 0 Å². The van der Waals surface area contributed by atoms with E-state index in [0.29, 0.717) is 18.8 Å². The Labute approximate surface area is 113 Å². The lowest BCUT2D eigenvalue weighted by molar-refractivity contribution is -0.138. The molecule has 1 aliphatic heterocycles. The van der Waals surface area contributed by atoms with Crippen molar-refractivity contribution in [1.29, 1.82) is 0 Å². The van der Waals surface area contributed by atoms with E-state index in [0.717, 1.165) is 17.3 Å². The van der Waals surface area contributed by atoms with Crippen molar-refractivity contribution >= 4 is 27.8 Å². The van der Waals surface area contributed by atoms with E-state index >= 15 is 0 Å². The second-order valence-corrected chi connectivity index (χ2v) is 5.48. The summed E-state index contributed by atoms with van der Waals surface area (Å²) in [5.74, 6) is -0.579. The maximum Gasteiger partial charge on any atom is 0.303 e. The predicted octanol–water partition coefficient (Wildman–Crippen LogP) is 2.10. The number of hydrogen-bond donors (Lipinski definition) is 2. The van der Waals surface area contributed by atoms with Gasteiger partial charge in [-0.05, 0) is 40.8 Å². The molecule has 1 fully saturated rings. The number of amides is 1. The lowest BCUT2D eigenvalue weighted by Gasteiger charge is -2.31. The topological polar surface area (TPSA) is 73.4 Å². The van der Waals surface area contributed by atoms with Gasteiger partial charge in [0.2, 0.25) is 0 Å². The van der Waals surface area contributed by atoms with E-state index in [2.05, 4.69) is 20.9 Å². The van der Waals surface area contributed by atoms with Gasteiger partial charge in [0, 0.05) is 30.2 Å². The molecule has 2 N–H and O–H groups in total. The summed E-state index contributed by atoms with van der Waals surface area (Å²) in [5.41, 5.74) is 0.568. The van der Waals surface area contributed by atoms with Crippen LogP contribution in [0.1, 0.15) is 29.8 Å². The van der Waals surface area contributed by atoms with E-state index in [1.807, 2.05) is 0 Å². The fourth-order valence-electron chi connectivity index (χ4n) is 2.25. The van der Waals surface area contributed by atoms with Crippen LogP contribution >= 0.6 is 15.9 Å². The van der Waals surface area contributed by atoms with Gasteiger partial charge in [-0.2, -0.15) is 0 Å². The Kier molecular flexibility index (Phi) is 4.06. The van der Waals surface area contributed by atoms with Crippen LogP contribution in [0.25, 0.3) is 0 Å². The molecule has 1 amide bonds. The van der Waals surface area contributed by atoms with Gasteiger partial charge in [-0.15, -0.1) is 0 Å². The number of carbonyl (C=O) groups is 2. The van der Waals surface area contributed by atoms with Crippen molar-refractivity contribution in [3.05, 3.63) is 22.4 Å². The standard InChI is InChI=1S/C12H15BrN2O3/c13-9-6-10(14-7-9)12(18)15-3-1-8(2-4-15)5-11(16)17/h6-8,14H,1-5H2,(H,16,17). The van der Waals surface area contributed by atoms with Gasteiger partial charge in [0.25, 0.3) is 5.91 Å². The smallest absolute Gasteiger partial charge is 0.303 e. The number of nitrogens with one attached hydrogen (secondary N) is 1. The second kappa shape index (κ2) is 5.56. The van der Waals surface area contributed by atoms with E-state index < -0.39 is 5.97 Å². The molecule has 0 spiro atoms. The minimum Gasteiger partial charge on any atom is -0.481 e. The third kappa shape index (κ3) is 3.13.